The van der Waals surface area contributed by atoms with Crippen LogP contribution in [0.1, 0.15) is 110 Å². The van der Waals surface area contributed by atoms with Crippen molar-refractivity contribution in [3.63, 3.8) is 0 Å². The van der Waals surface area contributed by atoms with Gasteiger partial charge in [-0.3, -0.25) is 0 Å². The lowest BCUT2D eigenvalue weighted by molar-refractivity contribution is 0.0487. The Kier molecular flexibility index (Phi) is 10.2. The van der Waals surface area contributed by atoms with Crippen LogP contribution in [0, 0.1) is 17.3 Å². The summed E-state index contributed by atoms with van der Waals surface area (Å²) in [5, 5.41) is 0. The van der Waals surface area contributed by atoms with E-state index in [1.165, 1.54) is 103 Å². The first-order chi connectivity index (χ1) is 12.3. The monoisotopic (exact) mass is 348 g/mol. The fraction of sp³-hybridized carbons (Fsp3) is 0.917. The van der Waals surface area contributed by atoms with E-state index >= 15 is 0 Å². The number of hydrogen-bond donors (Lipinski definition) is 0. The van der Waals surface area contributed by atoms with Crippen molar-refractivity contribution < 1.29 is 4.74 Å². The average molecular weight is 349 g/mol. The van der Waals surface area contributed by atoms with Crippen molar-refractivity contribution in [2.75, 3.05) is 13.2 Å². The van der Waals surface area contributed by atoms with E-state index in [9.17, 15) is 0 Å². The molecule has 1 heteroatoms. The summed E-state index contributed by atoms with van der Waals surface area (Å²) >= 11 is 0. The van der Waals surface area contributed by atoms with Gasteiger partial charge in [0.15, 0.2) is 0 Å². The number of hydrogen-bond acceptors (Lipinski definition) is 1. The van der Waals surface area contributed by atoms with Crippen LogP contribution in [0.15, 0.2) is 12.7 Å². The molecular weight excluding hydrogens is 304 g/mol. The predicted octanol–water partition coefficient (Wildman–Crippen LogP) is 7.70. The van der Waals surface area contributed by atoms with Gasteiger partial charge in [0, 0.05) is 6.61 Å². The lowest BCUT2D eigenvalue weighted by atomic mass is 9.62. The minimum Gasteiger partial charge on any atom is -0.377 e. The summed E-state index contributed by atoms with van der Waals surface area (Å²) in [6.45, 7) is 7.75. The van der Waals surface area contributed by atoms with Gasteiger partial charge in [0.1, 0.15) is 0 Å². The highest BCUT2D eigenvalue weighted by Gasteiger charge is 2.37. The Balaban J connectivity index is 1.78. The molecule has 1 nitrogen and oxygen atoms in total. The first-order valence-electron chi connectivity index (χ1n) is 11.5. The van der Waals surface area contributed by atoms with Crippen LogP contribution >= 0.6 is 0 Å². The van der Waals surface area contributed by atoms with Gasteiger partial charge in [0.25, 0.3) is 0 Å². The first-order valence-corrected chi connectivity index (χ1v) is 11.5. The molecule has 0 amide bonds. The second-order valence-corrected chi connectivity index (χ2v) is 9.01. The van der Waals surface area contributed by atoms with Crippen molar-refractivity contribution in [1.82, 2.24) is 0 Å². The summed E-state index contributed by atoms with van der Waals surface area (Å²) in [6, 6.07) is 0. The van der Waals surface area contributed by atoms with Crippen molar-refractivity contribution in [2.45, 2.75) is 110 Å². The van der Waals surface area contributed by atoms with Gasteiger partial charge in [-0.2, -0.15) is 0 Å². The van der Waals surface area contributed by atoms with E-state index in [1.54, 1.807) is 0 Å². The molecule has 0 aromatic rings. The van der Waals surface area contributed by atoms with Crippen LogP contribution in [0.4, 0.5) is 0 Å². The second kappa shape index (κ2) is 12.2. The quantitative estimate of drug-likeness (QED) is 0.259. The van der Waals surface area contributed by atoms with E-state index in [2.05, 4.69) is 13.5 Å². The maximum atomic E-state index is 5.78. The molecule has 2 saturated carbocycles. The minimum atomic E-state index is 0.596. The van der Waals surface area contributed by atoms with E-state index in [1.807, 2.05) is 6.08 Å². The maximum Gasteiger partial charge on any atom is 0.0644 e. The molecule has 0 aliphatic heterocycles. The molecule has 0 heterocycles. The van der Waals surface area contributed by atoms with Crippen LogP contribution in [0.3, 0.4) is 0 Å². The highest BCUT2D eigenvalue weighted by atomic mass is 16.5. The number of rotatable bonds is 12. The molecule has 25 heavy (non-hydrogen) atoms. The Hall–Kier alpha value is -0.300. The third kappa shape index (κ3) is 7.45. The number of ether oxygens (including phenoxy) is 1. The van der Waals surface area contributed by atoms with Crippen LogP contribution in [0.2, 0.25) is 0 Å². The zero-order chi connectivity index (χ0) is 17.8. The van der Waals surface area contributed by atoms with Crippen LogP contribution in [-0.4, -0.2) is 13.2 Å². The largest absolute Gasteiger partial charge is 0.377 e. The van der Waals surface area contributed by atoms with Crippen LogP contribution in [0.25, 0.3) is 0 Å². The predicted molar refractivity (Wildman–Crippen MR) is 110 cm³/mol. The molecule has 0 unspecified atom stereocenters. The molecule has 0 bridgehead atoms. The fourth-order valence-electron chi connectivity index (χ4n) is 5.51. The van der Waals surface area contributed by atoms with Gasteiger partial charge < -0.3 is 4.74 Å². The topological polar surface area (TPSA) is 9.23 Å². The Bertz CT molecular complexity index is 334. The van der Waals surface area contributed by atoms with Crippen molar-refractivity contribution in [2.24, 2.45) is 17.3 Å². The summed E-state index contributed by atoms with van der Waals surface area (Å²) < 4.78 is 5.78. The van der Waals surface area contributed by atoms with Gasteiger partial charge >= 0.3 is 0 Å². The molecule has 2 rings (SSSR count). The summed E-state index contributed by atoms with van der Waals surface area (Å²) in [5.74, 6) is 2.11. The molecule has 2 aliphatic carbocycles. The van der Waals surface area contributed by atoms with Crippen molar-refractivity contribution >= 4 is 0 Å². The molecule has 0 atom stereocenters. The van der Waals surface area contributed by atoms with Gasteiger partial charge in [-0.05, 0) is 55.8 Å². The van der Waals surface area contributed by atoms with Crippen LogP contribution in [0.5, 0.6) is 0 Å². The Morgan fingerprint density at radius 2 is 1.56 bits per heavy atom. The maximum absolute atomic E-state index is 5.78. The van der Waals surface area contributed by atoms with Gasteiger partial charge in [-0.1, -0.05) is 77.2 Å². The van der Waals surface area contributed by atoms with E-state index in [-0.39, 0.29) is 0 Å². The first kappa shape index (κ1) is 21.0. The van der Waals surface area contributed by atoms with Gasteiger partial charge in [-0.15, -0.1) is 6.58 Å². The molecule has 0 spiro atoms. The summed E-state index contributed by atoms with van der Waals surface area (Å²) in [5.41, 5.74) is 0.596. The minimum absolute atomic E-state index is 0.596. The molecule has 0 aromatic carbocycles. The molecule has 2 aliphatic rings. The lowest BCUT2D eigenvalue weighted by Crippen LogP contribution is -2.32. The highest BCUT2D eigenvalue weighted by molar-refractivity contribution is 4.88. The lowest BCUT2D eigenvalue weighted by Gasteiger charge is -2.43. The van der Waals surface area contributed by atoms with Crippen molar-refractivity contribution in [3.05, 3.63) is 12.7 Å². The third-order valence-electron chi connectivity index (χ3n) is 7.23. The van der Waals surface area contributed by atoms with E-state index in [0.717, 1.165) is 25.0 Å². The van der Waals surface area contributed by atoms with Gasteiger partial charge in [0.2, 0.25) is 0 Å². The Morgan fingerprint density at radius 1 is 0.880 bits per heavy atom. The van der Waals surface area contributed by atoms with Crippen molar-refractivity contribution in [3.8, 4) is 0 Å². The third-order valence-corrected chi connectivity index (χ3v) is 7.23. The SMILES string of the molecule is C=CCOCCC1(CCCCCCC)CCC(C2CCCCC2)CC1. The fourth-order valence-corrected chi connectivity index (χ4v) is 5.51. The van der Waals surface area contributed by atoms with Crippen LogP contribution in [-0.2, 0) is 4.74 Å². The smallest absolute Gasteiger partial charge is 0.0644 e. The number of unbranched alkanes of at least 4 members (excludes halogenated alkanes) is 4. The molecule has 146 valence electrons. The van der Waals surface area contributed by atoms with Gasteiger partial charge in [0.05, 0.1) is 6.61 Å². The molecule has 0 aromatic heterocycles. The van der Waals surface area contributed by atoms with E-state index < -0.39 is 0 Å². The van der Waals surface area contributed by atoms with Crippen molar-refractivity contribution in [1.29, 1.82) is 0 Å². The van der Waals surface area contributed by atoms with Gasteiger partial charge in [-0.25, -0.2) is 0 Å². The summed E-state index contributed by atoms with van der Waals surface area (Å²) in [4.78, 5) is 0. The Labute approximate surface area is 158 Å². The molecule has 0 radical (unpaired) electrons. The zero-order valence-corrected chi connectivity index (χ0v) is 17.1. The summed E-state index contributed by atoms with van der Waals surface area (Å²) in [6.07, 6.45) is 25.2. The average Bonchev–Trinajstić information content (AvgIpc) is 2.67. The normalized spacial score (nSPS) is 28.1. The second-order valence-electron chi connectivity index (χ2n) is 9.01. The molecule has 0 saturated heterocycles. The van der Waals surface area contributed by atoms with Crippen LogP contribution < -0.4 is 0 Å². The molecular formula is C24H44O. The molecule has 0 N–H and O–H groups in total. The molecule has 2 fully saturated rings. The highest BCUT2D eigenvalue weighted by Crippen LogP contribution is 2.49. The standard InChI is InChI=1S/C24H44O/c1-3-5-6-7-11-16-24(19-21-25-20-4-2)17-14-23(15-18-24)22-12-9-8-10-13-22/h4,22-23H,2-3,5-21H2,1H3. The van der Waals surface area contributed by atoms with E-state index in [0.29, 0.717) is 5.41 Å². The summed E-state index contributed by atoms with van der Waals surface area (Å²) in [7, 11) is 0. The Morgan fingerprint density at radius 3 is 2.24 bits per heavy atom. The van der Waals surface area contributed by atoms with E-state index in [4.69, 9.17) is 4.74 Å². The zero-order valence-electron chi connectivity index (χ0n) is 17.1.